The summed E-state index contributed by atoms with van der Waals surface area (Å²) >= 11 is 0. The van der Waals surface area contributed by atoms with E-state index < -0.39 is 5.82 Å². The lowest BCUT2D eigenvalue weighted by atomic mass is 10.0. The minimum Gasteiger partial charge on any atom is -0.368 e. The topological polar surface area (TPSA) is 23.6 Å². The lowest BCUT2D eigenvalue weighted by Gasteiger charge is -2.38. The second-order valence-electron chi connectivity index (χ2n) is 6.39. The van der Waals surface area contributed by atoms with Crippen LogP contribution in [0, 0.1) is 5.82 Å². The van der Waals surface area contributed by atoms with E-state index in [4.69, 9.17) is 0 Å². The first-order chi connectivity index (χ1) is 12.2. The molecule has 0 saturated carbocycles. The molecule has 1 aliphatic rings. The molecule has 4 heteroatoms. The quantitative estimate of drug-likeness (QED) is 0.842. The molecule has 0 aliphatic carbocycles. The molecule has 1 heterocycles. The van der Waals surface area contributed by atoms with E-state index >= 15 is 0 Å². The zero-order chi connectivity index (χ0) is 17.8. The molecule has 0 bridgehead atoms. The molecule has 0 aromatic heterocycles. The predicted octanol–water partition coefficient (Wildman–Crippen LogP) is 3.91. The zero-order valence-electron chi connectivity index (χ0n) is 15.0. The Morgan fingerprint density at radius 2 is 1.52 bits per heavy atom. The Morgan fingerprint density at radius 1 is 0.920 bits per heavy atom. The number of benzene rings is 2. The normalized spacial score (nSPS) is 14.7. The van der Waals surface area contributed by atoms with Gasteiger partial charge in [0.1, 0.15) is 5.82 Å². The van der Waals surface area contributed by atoms with Gasteiger partial charge in [-0.15, -0.1) is 0 Å². The van der Waals surface area contributed by atoms with Crippen LogP contribution in [0.25, 0.3) is 0 Å². The van der Waals surface area contributed by atoms with Crippen molar-refractivity contribution in [1.29, 1.82) is 0 Å². The van der Waals surface area contributed by atoms with Gasteiger partial charge in [-0.05, 0) is 36.1 Å². The van der Waals surface area contributed by atoms with Gasteiger partial charge in [-0.3, -0.25) is 4.79 Å². The van der Waals surface area contributed by atoms with Gasteiger partial charge in [-0.1, -0.05) is 44.2 Å². The molecule has 132 valence electrons. The van der Waals surface area contributed by atoms with Crippen LogP contribution in [0.2, 0.25) is 0 Å². The highest BCUT2D eigenvalue weighted by Gasteiger charge is 2.25. The summed E-state index contributed by atoms with van der Waals surface area (Å²) in [7, 11) is 0. The summed E-state index contributed by atoms with van der Waals surface area (Å²) < 4.78 is 13.9. The second kappa shape index (κ2) is 7.68. The van der Waals surface area contributed by atoms with Crippen LogP contribution in [0.4, 0.5) is 10.1 Å². The summed E-state index contributed by atoms with van der Waals surface area (Å²) in [6, 6.07) is 12.7. The molecule has 2 aromatic carbocycles. The summed E-state index contributed by atoms with van der Waals surface area (Å²) in [5.74, 6) is -0.656. The van der Waals surface area contributed by atoms with Gasteiger partial charge in [0.15, 0.2) is 0 Å². The monoisotopic (exact) mass is 340 g/mol. The van der Waals surface area contributed by atoms with Crippen LogP contribution in [0.15, 0.2) is 42.5 Å². The highest BCUT2D eigenvalue weighted by molar-refractivity contribution is 5.94. The third-order valence-electron chi connectivity index (χ3n) is 4.95. The van der Waals surface area contributed by atoms with E-state index in [0.29, 0.717) is 13.1 Å². The second-order valence-corrected chi connectivity index (χ2v) is 6.39. The van der Waals surface area contributed by atoms with Gasteiger partial charge in [0, 0.05) is 31.9 Å². The number of aryl methyl sites for hydroxylation is 2. The Kier molecular flexibility index (Phi) is 5.37. The highest BCUT2D eigenvalue weighted by atomic mass is 19.1. The van der Waals surface area contributed by atoms with Crippen molar-refractivity contribution in [3.05, 3.63) is 65.0 Å². The first kappa shape index (κ1) is 17.5. The number of carbonyl (C=O) groups excluding carboxylic acids is 1. The van der Waals surface area contributed by atoms with Crippen molar-refractivity contribution >= 4 is 11.6 Å². The molecule has 0 spiro atoms. The molecule has 1 saturated heterocycles. The molecule has 2 aromatic rings. The molecule has 3 nitrogen and oxygen atoms in total. The number of nitrogens with zero attached hydrogens (tertiary/aromatic N) is 2. The fraction of sp³-hybridized carbons (Fsp3) is 0.381. The van der Waals surface area contributed by atoms with E-state index in [1.165, 1.54) is 22.9 Å². The molecular weight excluding hydrogens is 315 g/mol. The molecule has 25 heavy (non-hydrogen) atoms. The fourth-order valence-electron chi connectivity index (χ4n) is 3.56. The number of carbonyl (C=O) groups is 1. The van der Waals surface area contributed by atoms with Gasteiger partial charge in [0.25, 0.3) is 5.91 Å². The van der Waals surface area contributed by atoms with E-state index in [0.717, 1.165) is 25.9 Å². The Bertz CT molecular complexity index is 729. The van der Waals surface area contributed by atoms with Crippen molar-refractivity contribution in [3.8, 4) is 0 Å². The molecule has 3 rings (SSSR count). The van der Waals surface area contributed by atoms with Gasteiger partial charge in [0.2, 0.25) is 0 Å². The van der Waals surface area contributed by atoms with Crippen molar-refractivity contribution in [2.24, 2.45) is 0 Å². The standard InChI is InChI=1S/C21H25FN2O/c1-3-16-8-7-9-17(4-2)20(16)23-12-14-24(15-13-23)21(25)18-10-5-6-11-19(18)22/h5-11H,3-4,12-15H2,1-2H3. The smallest absolute Gasteiger partial charge is 0.256 e. The Morgan fingerprint density at radius 3 is 2.08 bits per heavy atom. The maximum atomic E-state index is 13.9. The number of anilines is 1. The summed E-state index contributed by atoms with van der Waals surface area (Å²) in [6.45, 7) is 7.16. The molecule has 0 N–H and O–H groups in total. The zero-order valence-corrected chi connectivity index (χ0v) is 15.0. The van der Waals surface area contributed by atoms with Crippen LogP contribution in [0.3, 0.4) is 0 Å². The third-order valence-corrected chi connectivity index (χ3v) is 4.95. The van der Waals surface area contributed by atoms with Gasteiger partial charge < -0.3 is 9.80 Å². The van der Waals surface area contributed by atoms with Crippen LogP contribution in [-0.4, -0.2) is 37.0 Å². The number of piperazine rings is 1. The maximum absolute atomic E-state index is 13.9. The summed E-state index contributed by atoms with van der Waals surface area (Å²) in [4.78, 5) is 16.7. The van der Waals surface area contributed by atoms with E-state index in [9.17, 15) is 9.18 Å². The third kappa shape index (κ3) is 3.53. The number of halogens is 1. The number of hydrogen-bond donors (Lipinski definition) is 0. The van der Waals surface area contributed by atoms with Crippen LogP contribution < -0.4 is 4.90 Å². The van der Waals surface area contributed by atoms with Gasteiger partial charge in [0.05, 0.1) is 5.56 Å². The Labute approximate surface area is 149 Å². The summed E-state index contributed by atoms with van der Waals surface area (Å²) in [6.07, 6.45) is 2.00. The molecule has 0 radical (unpaired) electrons. The van der Waals surface area contributed by atoms with Gasteiger partial charge in [-0.2, -0.15) is 0 Å². The fourth-order valence-corrected chi connectivity index (χ4v) is 3.56. The first-order valence-corrected chi connectivity index (χ1v) is 9.05. The van der Waals surface area contributed by atoms with Crippen LogP contribution in [-0.2, 0) is 12.8 Å². The number of hydrogen-bond acceptors (Lipinski definition) is 2. The van der Waals surface area contributed by atoms with Crippen LogP contribution in [0.5, 0.6) is 0 Å². The van der Waals surface area contributed by atoms with Crippen molar-refractivity contribution < 1.29 is 9.18 Å². The maximum Gasteiger partial charge on any atom is 0.256 e. The molecule has 1 aliphatic heterocycles. The van der Waals surface area contributed by atoms with Crippen molar-refractivity contribution in [2.75, 3.05) is 31.1 Å². The van der Waals surface area contributed by atoms with E-state index in [-0.39, 0.29) is 11.5 Å². The highest BCUT2D eigenvalue weighted by Crippen LogP contribution is 2.28. The van der Waals surface area contributed by atoms with E-state index in [1.54, 1.807) is 23.1 Å². The number of rotatable bonds is 4. The number of para-hydroxylation sites is 1. The lowest BCUT2D eigenvalue weighted by Crippen LogP contribution is -2.49. The van der Waals surface area contributed by atoms with Crippen LogP contribution >= 0.6 is 0 Å². The molecule has 1 amide bonds. The summed E-state index contributed by atoms with van der Waals surface area (Å²) in [5, 5.41) is 0. The lowest BCUT2D eigenvalue weighted by molar-refractivity contribution is 0.0742. The van der Waals surface area contributed by atoms with Crippen molar-refractivity contribution in [1.82, 2.24) is 4.90 Å². The number of amides is 1. The molecular formula is C21H25FN2O. The van der Waals surface area contributed by atoms with Gasteiger partial charge >= 0.3 is 0 Å². The van der Waals surface area contributed by atoms with Crippen molar-refractivity contribution in [3.63, 3.8) is 0 Å². The van der Waals surface area contributed by atoms with E-state index in [1.807, 2.05) is 0 Å². The Balaban J connectivity index is 1.75. The Hall–Kier alpha value is -2.36. The largest absolute Gasteiger partial charge is 0.368 e. The molecule has 1 fully saturated rings. The minimum absolute atomic E-state index is 0.166. The average molecular weight is 340 g/mol. The predicted molar refractivity (Wildman–Crippen MR) is 99.7 cm³/mol. The minimum atomic E-state index is -0.445. The SMILES string of the molecule is CCc1cccc(CC)c1N1CCN(C(=O)c2ccccc2F)CC1. The summed E-state index contributed by atoms with van der Waals surface area (Å²) in [5.41, 5.74) is 4.20. The van der Waals surface area contributed by atoms with Gasteiger partial charge in [-0.25, -0.2) is 4.39 Å². The molecule has 0 atom stereocenters. The van der Waals surface area contributed by atoms with Crippen LogP contribution in [0.1, 0.15) is 35.3 Å². The van der Waals surface area contributed by atoms with E-state index in [2.05, 4.69) is 36.9 Å². The average Bonchev–Trinajstić information content (AvgIpc) is 2.67. The van der Waals surface area contributed by atoms with Crippen molar-refractivity contribution in [2.45, 2.75) is 26.7 Å². The first-order valence-electron chi connectivity index (χ1n) is 9.05. The molecule has 0 unspecified atom stereocenters.